The van der Waals surface area contributed by atoms with Gasteiger partial charge in [0.1, 0.15) is 6.10 Å². The molecule has 2 fully saturated rings. The van der Waals surface area contributed by atoms with Crippen LogP contribution in [0.2, 0.25) is 0 Å². The minimum Gasteiger partial charge on any atom is -0.461 e. The van der Waals surface area contributed by atoms with E-state index in [2.05, 4.69) is 31.3 Å². The van der Waals surface area contributed by atoms with E-state index in [1.807, 2.05) is 25.1 Å². The molecule has 0 amide bonds. The average molecular weight is 383 g/mol. The fourth-order valence-corrected chi connectivity index (χ4v) is 7.06. The maximum atomic E-state index is 12.2. The van der Waals surface area contributed by atoms with Crippen LogP contribution < -0.4 is 5.32 Å². The molecule has 3 aliphatic rings. The molecule has 2 heterocycles. The molecule has 5 rings (SSSR count). The quantitative estimate of drug-likeness (QED) is 0.731. The maximum absolute atomic E-state index is 12.2. The van der Waals surface area contributed by atoms with Gasteiger partial charge < -0.3 is 10.1 Å². The zero-order valence-corrected chi connectivity index (χ0v) is 16.9. The topological polar surface area (TPSA) is 51.2 Å². The molecule has 1 N–H and O–H groups in total. The van der Waals surface area contributed by atoms with Crippen LogP contribution in [0.5, 0.6) is 0 Å². The highest BCUT2D eigenvalue weighted by Crippen LogP contribution is 2.59. The number of anilines is 2. The molecule has 5 heteroatoms. The van der Waals surface area contributed by atoms with Gasteiger partial charge in [-0.2, -0.15) is 0 Å². The molecule has 2 aromatic rings. The summed E-state index contributed by atoms with van der Waals surface area (Å²) >= 11 is 1.78. The van der Waals surface area contributed by atoms with Crippen molar-refractivity contribution in [2.24, 2.45) is 23.2 Å². The summed E-state index contributed by atoms with van der Waals surface area (Å²) in [4.78, 5) is 18.6. The van der Waals surface area contributed by atoms with Crippen LogP contribution >= 0.6 is 11.3 Å². The molecule has 1 saturated heterocycles. The smallest absolute Gasteiger partial charge is 0.309 e. The molecule has 27 heavy (non-hydrogen) atoms. The Morgan fingerprint density at radius 1 is 1.22 bits per heavy atom. The molecule has 0 bridgehead atoms. The standard InChI is InChI=1S/C22H26N2O2S/c1-12-15-9-10-22(3)11-16-18(13(2)17(22)19(15)26-20(12)25)24-21(27-16)23-14-7-5-4-6-8-14/h4-8,12-13,15,17,19H,9-11H2,1-3H3,(H,23,24)/t12-,13-,15-,17+,19-,22-/m0/s1. The van der Waals surface area contributed by atoms with E-state index < -0.39 is 0 Å². The second kappa shape index (κ2) is 6.06. The predicted octanol–water partition coefficient (Wildman–Crippen LogP) is 5.14. The summed E-state index contributed by atoms with van der Waals surface area (Å²) in [5, 5.41) is 4.42. The maximum Gasteiger partial charge on any atom is 0.309 e. The van der Waals surface area contributed by atoms with Gasteiger partial charge in [0.2, 0.25) is 0 Å². The Hall–Kier alpha value is -1.88. The Morgan fingerprint density at radius 3 is 2.78 bits per heavy atom. The Balaban J connectivity index is 1.48. The Bertz CT molecular complexity index is 880. The SMILES string of the molecule is C[C@@H]1C(=O)O[C@H]2[C@H]1CC[C@@]1(C)Cc3sc(Nc4ccccc4)nc3[C@@H](C)[C@H]21. The van der Waals surface area contributed by atoms with Crippen molar-refractivity contribution in [3.63, 3.8) is 0 Å². The first-order valence-electron chi connectivity index (χ1n) is 9.98. The molecule has 0 radical (unpaired) electrons. The number of aromatic nitrogens is 1. The van der Waals surface area contributed by atoms with Gasteiger partial charge in [-0.25, -0.2) is 4.98 Å². The van der Waals surface area contributed by atoms with Gasteiger partial charge in [0.05, 0.1) is 11.6 Å². The van der Waals surface area contributed by atoms with Gasteiger partial charge in [-0.15, -0.1) is 11.3 Å². The lowest BCUT2D eigenvalue weighted by Gasteiger charge is -2.51. The summed E-state index contributed by atoms with van der Waals surface area (Å²) in [6, 6.07) is 10.2. The number of rotatable bonds is 2. The lowest BCUT2D eigenvalue weighted by molar-refractivity contribution is -0.149. The van der Waals surface area contributed by atoms with Crippen molar-refractivity contribution < 1.29 is 9.53 Å². The van der Waals surface area contributed by atoms with Crippen molar-refractivity contribution in [3.05, 3.63) is 40.9 Å². The molecular weight excluding hydrogens is 356 g/mol. The highest BCUT2D eigenvalue weighted by Gasteiger charge is 2.58. The molecular formula is C22H26N2O2S. The zero-order chi connectivity index (χ0) is 18.8. The van der Waals surface area contributed by atoms with Gasteiger partial charge in [0, 0.05) is 28.3 Å². The molecule has 1 aromatic heterocycles. The van der Waals surface area contributed by atoms with Crippen molar-refractivity contribution in [1.29, 1.82) is 0 Å². The van der Waals surface area contributed by atoms with Crippen molar-refractivity contribution in [2.75, 3.05) is 5.32 Å². The van der Waals surface area contributed by atoms with Crippen LogP contribution in [0.1, 0.15) is 50.1 Å². The molecule has 0 spiro atoms. The number of para-hydroxylation sites is 1. The summed E-state index contributed by atoms with van der Waals surface area (Å²) in [5.74, 6) is 1.09. The van der Waals surface area contributed by atoms with E-state index in [9.17, 15) is 4.79 Å². The van der Waals surface area contributed by atoms with Crippen LogP contribution in [0.3, 0.4) is 0 Å². The molecule has 1 saturated carbocycles. The number of ether oxygens (including phenoxy) is 1. The lowest BCUT2D eigenvalue weighted by Crippen LogP contribution is -2.50. The number of nitrogens with zero attached hydrogens (tertiary/aromatic N) is 1. The number of hydrogen-bond acceptors (Lipinski definition) is 5. The predicted molar refractivity (Wildman–Crippen MR) is 107 cm³/mol. The number of hydrogen-bond donors (Lipinski definition) is 1. The second-order valence-corrected chi connectivity index (χ2v) is 9.94. The van der Waals surface area contributed by atoms with E-state index >= 15 is 0 Å². The van der Waals surface area contributed by atoms with Crippen LogP contribution in [0.25, 0.3) is 0 Å². The third-order valence-corrected chi connectivity index (χ3v) is 8.17. The zero-order valence-electron chi connectivity index (χ0n) is 16.1. The Labute approximate surface area is 164 Å². The highest BCUT2D eigenvalue weighted by molar-refractivity contribution is 7.15. The van der Waals surface area contributed by atoms with Crippen molar-refractivity contribution in [2.45, 2.75) is 52.1 Å². The van der Waals surface area contributed by atoms with Gasteiger partial charge in [0.25, 0.3) is 0 Å². The number of benzene rings is 1. The molecule has 6 atom stereocenters. The van der Waals surface area contributed by atoms with Crippen LogP contribution in [0.4, 0.5) is 10.8 Å². The Kier molecular flexibility index (Phi) is 3.87. The minimum atomic E-state index is -0.00282. The third kappa shape index (κ3) is 2.62. The normalized spacial score (nSPS) is 37.1. The van der Waals surface area contributed by atoms with Crippen LogP contribution in [0, 0.1) is 23.2 Å². The monoisotopic (exact) mass is 382 g/mol. The van der Waals surface area contributed by atoms with E-state index in [1.165, 1.54) is 17.0 Å². The van der Waals surface area contributed by atoms with Crippen molar-refractivity contribution >= 4 is 28.1 Å². The van der Waals surface area contributed by atoms with Crippen molar-refractivity contribution in [3.8, 4) is 0 Å². The molecule has 1 aliphatic heterocycles. The summed E-state index contributed by atoms with van der Waals surface area (Å²) in [5.41, 5.74) is 2.46. The van der Waals surface area contributed by atoms with Gasteiger partial charge in [-0.05, 0) is 36.8 Å². The van der Waals surface area contributed by atoms with E-state index in [4.69, 9.17) is 9.72 Å². The summed E-state index contributed by atoms with van der Waals surface area (Å²) < 4.78 is 5.92. The van der Waals surface area contributed by atoms with E-state index in [-0.39, 0.29) is 23.4 Å². The highest BCUT2D eigenvalue weighted by atomic mass is 32.1. The average Bonchev–Trinajstić information content (AvgIpc) is 3.16. The molecule has 142 valence electrons. The number of esters is 1. The minimum absolute atomic E-state index is 0.00282. The van der Waals surface area contributed by atoms with Gasteiger partial charge in [-0.3, -0.25) is 4.79 Å². The van der Waals surface area contributed by atoms with Crippen LogP contribution in [-0.4, -0.2) is 17.1 Å². The van der Waals surface area contributed by atoms with Crippen molar-refractivity contribution in [1.82, 2.24) is 4.98 Å². The number of nitrogens with one attached hydrogen (secondary N) is 1. The first-order chi connectivity index (χ1) is 13.0. The van der Waals surface area contributed by atoms with E-state index in [1.54, 1.807) is 11.3 Å². The van der Waals surface area contributed by atoms with Gasteiger partial charge >= 0.3 is 5.97 Å². The molecule has 0 unspecified atom stereocenters. The number of fused-ring (bicyclic) bond motifs is 4. The van der Waals surface area contributed by atoms with E-state index in [0.717, 1.165) is 23.7 Å². The lowest BCUT2D eigenvalue weighted by atomic mass is 9.54. The molecule has 2 aliphatic carbocycles. The second-order valence-electron chi connectivity index (χ2n) is 8.86. The molecule has 4 nitrogen and oxygen atoms in total. The first-order valence-corrected chi connectivity index (χ1v) is 10.8. The van der Waals surface area contributed by atoms with E-state index in [0.29, 0.717) is 17.8 Å². The summed E-state index contributed by atoms with van der Waals surface area (Å²) in [6.07, 6.45) is 3.37. The summed E-state index contributed by atoms with van der Waals surface area (Å²) in [7, 11) is 0. The Morgan fingerprint density at radius 2 is 2.00 bits per heavy atom. The number of thiazole rings is 1. The first kappa shape index (κ1) is 17.2. The summed E-state index contributed by atoms with van der Waals surface area (Å²) in [6.45, 7) is 6.72. The van der Waals surface area contributed by atoms with Gasteiger partial charge in [0.15, 0.2) is 5.13 Å². The third-order valence-electron chi connectivity index (χ3n) is 7.18. The number of carbonyl (C=O) groups is 1. The largest absolute Gasteiger partial charge is 0.461 e. The van der Waals surface area contributed by atoms with Crippen LogP contribution in [-0.2, 0) is 16.0 Å². The van der Waals surface area contributed by atoms with Gasteiger partial charge in [-0.1, -0.05) is 39.0 Å². The fraction of sp³-hybridized carbons (Fsp3) is 0.545. The molecule has 1 aromatic carbocycles. The van der Waals surface area contributed by atoms with Crippen LogP contribution in [0.15, 0.2) is 30.3 Å². The fourth-order valence-electron chi connectivity index (χ4n) is 5.78. The number of carbonyl (C=O) groups excluding carboxylic acids is 1.